The number of rotatable bonds is 6. The van der Waals surface area contributed by atoms with Crippen molar-refractivity contribution in [2.45, 2.75) is 32.7 Å². The number of halogens is 1. The van der Waals surface area contributed by atoms with E-state index >= 15 is 0 Å². The fourth-order valence-corrected chi connectivity index (χ4v) is 2.28. The molecule has 0 fully saturated rings. The maximum atomic E-state index is 13.4. The van der Waals surface area contributed by atoms with Crippen LogP contribution in [0.4, 0.5) is 21.5 Å². The van der Waals surface area contributed by atoms with E-state index in [-0.39, 0.29) is 24.2 Å². The Bertz CT molecular complexity index is 686. The molecule has 0 bridgehead atoms. The fourth-order valence-electron chi connectivity index (χ4n) is 2.28. The molecular weight excluding hydrogens is 293 g/mol. The second kappa shape index (κ2) is 7.63. The van der Waals surface area contributed by atoms with Crippen molar-refractivity contribution < 1.29 is 9.18 Å². The van der Waals surface area contributed by atoms with Gasteiger partial charge in [0.05, 0.1) is 11.4 Å². The molecule has 2 aromatic rings. The molecular formula is C18H22FN3O. The molecule has 0 aliphatic rings. The molecule has 2 rings (SSSR count). The third-order valence-corrected chi connectivity index (χ3v) is 3.38. The summed E-state index contributed by atoms with van der Waals surface area (Å²) in [5.74, 6) is -0.562. The monoisotopic (exact) mass is 315 g/mol. The molecule has 0 aliphatic heterocycles. The van der Waals surface area contributed by atoms with Gasteiger partial charge < -0.3 is 16.4 Å². The lowest BCUT2D eigenvalue weighted by Gasteiger charge is -2.15. The van der Waals surface area contributed by atoms with Crippen LogP contribution in [0.15, 0.2) is 42.5 Å². The van der Waals surface area contributed by atoms with Gasteiger partial charge in [-0.25, -0.2) is 4.39 Å². The standard InChI is InChI=1S/C18H22FN3O/c1-12(2)21-16-9-8-14(19)11-17(16)22-18(23)10-7-13-5-3-4-6-15(13)20/h3-6,8-9,11-12,21H,7,10,20H2,1-2H3,(H,22,23). The molecule has 0 spiro atoms. The van der Waals surface area contributed by atoms with Crippen molar-refractivity contribution in [3.05, 3.63) is 53.8 Å². The lowest BCUT2D eigenvalue weighted by molar-refractivity contribution is -0.116. The SMILES string of the molecule is CC(C)Nc1ccc(F)cc1NC(=O)CCc1ccccc1N. The van der Waals surface area contributed by atoms with E-state index in [4.69, 9.17) is 5.73 Å². The zero-order chi connectivity index (χ0) is 16.8. The highest BCUT2D eigenvalue weighted by atomic mass is 19.1. The molecule has 4 N–H and O–H groups in total. The van der Waals surface area contributed by atoms with E-state index in [0.717, 1.165) is 5.56 Å². The summed E-state index contributed by atoms with van der Waals surface area (Å²) in [4.78, 5) is 12.1. The maximum absolute atomic E-state index is 13.4. The number of benzene rings is 2. The molecule has 23 heavy (non-hydrogen) atoms. The Morgan fingerprint density at radius 2 is 1.91 bits per heavy atom. The summed E-state index contributed by atoms with van der Waals surface area (Å²) in [5, 5.41) is 5.95. The molecule has 0 atom stereocenters. The summed E-state index contributed by atoms with van der Waals surface area (Å²) in [6, 6.07) is 11.9. The van der Waals surface area contributed by atoms with Crippen LogP contribution in [0.1, 0.15) is 25.8 Å². The van der Waals surface area contributed by atoms with E-state index in [2.05, 4.69) is 10.6 Å². The molecule has 2 aromatic carbocycles. The van der Waals surface area contributed by atoms with E-state index in [1.807, 2.05) is 38.1 Å². The Labute approximate surface area is 135 Å². The summed E-state index contributed by atoms with van der Waals surface area (Å²) in [6.07, 6.45) is 0.826. The minimum atomic E-state index is -0.387. The number of hydrogen-bond acceptors (Lipinski definition) is 3. The Balaban J connectivity index is 2.02. The van der Waals surface area contributed by atoms with E-state index in [0.29, 0.717) is 23.5 Å². The Hall–Kier alpha value is -2.56. The van der Waals surface area contributed by atoms with Crippen LogP contribution in [-0.4, -0.2) is 11.9 Å². The zero-order valence-corrected chi connectivity index (χ0v) is 13.4. The maximum Gasteiger partial charge on any atom is 0.224 e. The molecule has 0 heterocycles. The summed E-state index contributed by atoms with van der Waals surface area (Å²) < 4.78 is 13.4. The average Bonchev–Trinajstić information content (AvgIpc) is 2.49. The highest BCUT2D eigenvalue weighted by Crippen LogP contribution is 2.24. The van der Waals surface area contributed by atoms with Crippen LogP contribution in [0.3, 0.4) is 0 Å². The van der Waals surface area contributed by atoms with E-state index in [1.165, 1.54) is 12.1 Å². The minimum absolute atomic E-state index is 0.175. The van der Waals surface area contributed by atoms with Crippen molar-refractivity contribution in [3.63, 3.8) is 0 Å². The van der Waals surface area contributed by atoms with Crippen LogP contribution in [0.2, 0.25) is 0 Å². The topological polar surface area (TPSA) is 67.1 Å². The number of nitrogen functional groups attached to an aromatic ring is 1. The first-order valence-corrected chi connectivity index (χ1v) is 7.65. The number of para-hydroxylation sites is 1. The summed E-state index contributed by atoms with van der Waals surface area (Å²) >= 11 is 0. The van der Waals surface area contributed by atoms with E-state index in [1.54, 1.807) is 6.07 Å². The predicted molar refractivity (Wildman–Crippen MR) is 93.0 cm³/mol. The summed E-state index contributed by atoms with van der Waals surface area (Å²) in [6.45, 7) is 3.96. The fraction of sp³-hybridized carbons (Fsp3) is 0.278. The third-order valence-electron chi connectivity index (χ3n) is 3.38. The van der Waals surface area contributed by atoms with E-state index in [9.17, 15) is 9.18 Å². The number of nitrogens with one attached hydrogen (secondary N) is 2. The normalized spacial score (nSPS) is 10.6. The molecule has 122 valence electrons. The predicted octanol–water partition coefficient (Wildman–Crippen LogP) is 3.80. The minimum Gasteiger partial charge on any atom is -0.399 e. The number of carbonyl (C=O) groups excluding carboxylic acids is 1. The van der Waals surface area contributed by atoms with Gasteiger partial charge in [-0.05, 0) is 50.1 Å². The molecule has 0 aliphatic carbocycles. The number of aryl methyl sites for hydroxylation is 1. The highest BCUT2D eigenvalue weighted by Gasteiger charge is 2.10. The van der Waals surface area contributed by atoms with Crippen molar-refractivity contribution in [2.75, 3.05) is 16.4 Å². The number of nitrogens with two attached hydrogens (primary N) is 1. The molecule has 0 unspecified atom stereocenters. The van der Waals surface area contributed by atoms with Gasteiger partial charge in [-0.1, -0.05) is 18.2 Å². The Kier molecular flexibility index (Phi) is 5.57. The lowest BCUT2D eigenvalue weighted by Crippen LogP contribution is -2.16. The van der Waals surface area contributed by atoms with Gasteiger partial charge in [0, 0.05) is 18.2 Å². The smallest absolute Gasteiger partial charge is 0.224 e. The van der Waals surface area contributed by atoms with Crippen molar-refractivity contribution in [1.29, 1.82) is 0 Å². The van der Waals surface area contributed by atoms with Gasteiger partial charge in [0.25, 0.3) is 0 Å². The van der Waals surface area contributed by atoms with Crippen molar-refractivity contribution in [1.82, 2.24) is 0 Å². The lowest BCUT2D eigenvalue weighted by atomic mass is 10.1. The number of hydrogen-bond donors (Lipinski definition) is 3. The first kappa shape index (κ1) is 16.8. The van der Waals surface area contributed by atoms with Crippen LogP contribution in [-0.2, 0) is 11.2 Å². The number of amides is 1. The second-order valence-corrected chi connectivity index (χ2v) is 5.74. The molecule has 0 aromatic heterocycles. The summed E-state index contributed by atoms with van der Waals surface area (Å²) in [7, 11) is 0. The highest BCUT2D eigenvalue weighted by molar-refractivity contribution is 5.94. The quantitative estimate of drug-likeness (QED) is 0.710. The van der Waals surface area contributed by atoms with Gasteiger partial charge >= 0.3 is 0 Å². The van der Waals surface area contributed by atoms with Gasteiger partial charge in [0.1, 0.15) is 5.82 Å². The molecule has 0 saturated heterocycles. The first-order valence-electron chi connectivity index (χ1n) is 7.65. The Morgan fingerprint density at radius 1 is 1.17 bits per heavy atom. The van der Waals surface area contributed by atoms with Gasteiger partial charge in [-0.3, -0.25) is 4.79 Å². The molecule has 0 radical (unpaired) electrons. The molecule has 4 nitrogen and oxygen atoms in total. The Morgan fingerprint density at radius 3 is 2.61 bits per heavy atom. The van der Waals surface area contributed by atoms with Crippen LogP contribution >= 0.6 is 0 Å². The van der Waals surface area contributed by atoms with Crippen molar-refractivity contribution >= 4 is 23.0 Å². The molecule has 5 heteroatoms. The largest absolute Gasteiger partial charge is 0.399 e. The second-order valence-electron chi connectivity index (χ2n) is 5.74. The first-order chi connectivity index (χ1) is 11.0. The van der Waals surface area contributed by atoms with Gasteiger partial charge in [-0.2, -0.15) is 0 Å². The average molecular weight is 315 g/mol. The molecule has 1 amide bonds. The van der Waals surface area contributed by atoms with Crippen molar-refractivity contribution in [3.8, 4) is 0 Å². The van der Waals surface area contributed by atoms with Crippen LogP contribution in [0, 0.1) is 5.82 Å². The summed E-state index contributed by atoms with van der Waals surface area (Å²) in [5.41, 5.74) is 8.63. The molecule has 0 saturated carbocycles. The van der Waals surface area contributed by atoms with Gasteiger partial charge in [0.15, 0.2) is 0 Å². The van der Waals surface area contributed by atoms with Gasteiger partial charge in [0.2, 0.25) is 5.91 Å². The van der Waals surface area contributed by atoms with Crippen LogP contribution < -0.4 is 16.4 Å². The zero-order valence-electron chi connectivity index (χ0n) is 13.4. The van der Waals surface area contributed by atoms with Crippen LogP contribution in [0.25, 0.3) is 0 Å². The van der Waals surface area contributed by atoms with Crippen molar-refractivity contribution in [2.24, 2.45) is 0 Å². The van der Waals surface area contributed by atoms with Gasteiger partial charge in [-0.15, -0.1) is 0 Å². The van der Waals surface area contributed by atoms with Crippen LogP contribution in [0.5, 0.6) is 0 Å². The number of carbonyl (C=O) groups is 1. The van der Waals surface area contributed by atoms with E-state index < -0.39 is 0 Å². The number of anilines is 3. The third kappa shape index (κ3) is 4.98.